The molecule has 24 heavy (non-hydrogen) atoms. The number of ether oxygens (including phenoxy) is 1. The summed E-state index contributed by atoms with van der Waals surface area (Å²) in [5.74, 6) is 1.61. The van der Waals surface area contributed by atoms with Crippen molar-refractivity contribution in [2.75, 3.05) is 20.2 Å². The van der Waals surface area contributed by atoms with E-state index >= 15 is 0 Å². The summed E-state index contributed by atoms with van der Waals surface area (Å²) in [5, 5.41) is 3.00. The molecule has 6 nitrogen and oxygen atoms in total. The van der Waals surface area contributed by atoms with Crippen molar-refractivity contribution in [3.63, 3.8) is 0 Å². The quantitative estimate of drug-likeness (QED) is 0.883. The summed E-state index contributed by atoms with van der Waals surface area (Å²) >= 11 is 0. The van der Waals surface area contributed by atoms with Gasteiger partial charge in [-0.1, -0.05) is 12.8 Å². The van der Waals surface area contributed by atoms with Crippen LogP contribution in [0.5, 0.6) is 5.75 Å². The van der Waals surface area contributed by atoms with Crippen molar-refractivity contribution in [3.05, 3.63) is 24.0 Å². The van der Waals surface area contributed by atoms with E-state index in [9.17, 15) is 4.79 Å². The Labute approximate surface area is 142 Å². The maximum absolute atomic E-state index is 12.4. The van der Waals surface area contributed by atoms with E-state index in [-0.39, 0.29) is 11.9 Å². The van der Waals surface area contributed by atoms with Crippen molar-refractivity contribution < 1.29 is 9.53 Å². The number of H-pyrrole nitrogens is 1. The molecule has 0 saturated carbocycles. The van der Waals surface area contributed by atoms with Crippen LogP contribution in [0.1, 0.15) is 38.4 Å². The lowest BCUT2D eigenvalue weighted by Gasteiger charge is -2.26. The van der Waals surface area contributed by atoms with E-state index < -0.39 is 0 Å². The number of imidazole rings is 1. The molecule has 3 rings (SSSR count). The summed E-state index contributed by atoms with van der Waals surface area (Å²) in [7, 11) is 1.64. The molecule has 1 aromatic heterocycles. The molecule has 0 aliphatic carbocycles. The monoisotopic (exact) mass is 330 g/mol. The van der Waals surface area contributed by atoms with Crippen LogP contribution in [0.15, 0.2) is 18.2 Å². The third-order valence-electron chi connectivity index (χ3n) is 4.74. The van der Waals surface area contributed by atoms with E-state index in [1.165, 1.54) is 25.7 Å². The van der Waals surface area contributed by atoms with Crippen LogP contribution in [-0.2, 0) is 11.3 Å². The standard InChI is InChI=1S/C18H26N4O2/c1-13(22-9-5-3-4-6-10-22)18(23)19-12-17-20-15-8-7-14(24-2)11-16(15)21-17/h7-8,11,13H,3-6,9-10,12H2,1-2H3,(H,19,23)(H,20,21)/t13-/m1/s1. The highest BCUT2D eigenvalue weighted by molar-refractivity contribution is 5.81. The predicted molar refractivity (Wildman–Crippen MR) is 94.0 cm³/mol. The Balaban J connectivity index is 1.59. The third kappa shape index (κ3) is 3.87. The number of rotatable bonds is 5. The van der Waals surface area contributed by atoms with Crippen molar-refractivity contribution in [2.24, 2.45) is 0 Å². The second-order valence-electron chi connectivity index (χ2n) is 6.41. The van der Waals surface area contributed by atoms with Gasteiger partial charge in [-0.2, -0.15) is 0 Å². The first kappa shape index (κ1) is 16.8. The van der Waals surface area contributed by atoms with E-state index in [4.69, 9.17) is 4.74 Å². The second-order valence-corrected chi connectivity index (χ2v) is 6.41. The van der Waals surface area contributed by atoms with Gasteiger partial charge in [0.15, 0.2) is 0 Å². The Morgan fingerprint density at radius 3 is 2.79 bits per heavy atom. The number of hydrogen-bond acceptors (Lipinski definition) is 4. The highest BCUT2D eigenvalue weighted by atomic mass is 16.5. The zero-order chi connectivity index (χ0) is 16.9. The van der Waals surface area contributed by atoms with E-state index in [2.05, 4.69) is 20.2 Å². The number of methoxy groups -OCH3 is 1. The molecule has 1 fully saturated rings. The SMILES string of the molecule is COc1ccc2nc(CNC(=O)[C@@H](C)N3CCCCCC3)[nH]c2c1. The summed E-state index contributed by atoms with van der Waals surface area (Å²) in [6.45, 7) is 4.43. The largest absolute Gasteiger partial charge is 0.497 e. The normalized spacial score (nSPS) is 17.4. The molecule has 0 bridgehead atoms. The fourth-order valence-electron chi connectivity index (χ4n) is 3.22. The molecule has 0 unspecified atom stereocenters. The molecule has 1 aromatic carbocycles. The van der Waals surface area contributed by atoms with Crippen LogP contribution in [0.2, 0.25) is 0 Å². The molecule has 1 amide bonds. The average molecular weight is 330 g/mol. The van der Waals surface area contributed by atoms with Crippen LogP contribution in [0.4, 0.5) is 0 Å². The van der Waals surface area contributed by atoms with Crippen molar-refractivity contribution >= 4 is 16.9 Å². The molecule has 2 aromatic rings. The average Bonchev–Trinajstić information content (AvgIpc) is 2.81. The van der Waals surface area contributed by atoms with Gasteiger partial charge in [-0.05, 0) is 45.0 Å². The zero-order valence-electron chi connectivity index (χ0n) is 14.5. The number of nitrogens with one attached hydrogen (secondary N) is 2. The Bertz CT molecular complexity index is 689. The van der Waals surface area contributed by atoms with E-state index in [0.717, 1.165) is 35.7 Å². The molecule has 1 saturated heterocycles. The number of fused-ring (bicyclic) bond motifs is 1. The minimum absolute atomic E-state index is 0.0648. The van der Waals surface area contributed by atoms with E-state index in [0.29, 0.717) is 6.54 Å². The lowest BCUT2D eigenvalue weighted by molar-refractivity contribution is -0.126. The van der Waals surface area contributed by atoms with Gasteiger partial charge in [0.2, 0.25) is 5.91 Å². The van der Waals surface area contributed by atoms with Gasteiger partial charge < -0.3 is 15.0 Å². The fraction of sp³-hybridized carbons (Fsp3) is 0.556. The third-order valence-corrected chi connectivity index (χ3v) is 4.74. The summed E-state index contributed by atoms with van der Waals surface area (Å²) in [6, 6.07) is 5.61. The molecule has 2 N–H and O–H groups in total. The Morgan fingerprint density at radius 1 is 1.33 bits per heavy atom. The first-order chi connectivity index (χ1) is 11.7. The smallest absolute Gasteiger partial charge is 0.237 e. The highest BCUT2D eigenvalue weighted by Gasteiger charge is 2.22. The lowest BCUT2D eigenvalue weighted by Crippen LogP contribution is -2.45. The van der Waals surface area contributed by atoms with Crippen LogP contribution in [0.25, 0.3) is 11.0 Å². The number of amides is 1. The van der Waals surface area contributed by atoms with Gasteiger partial charge in [0.05, 0.1) is 30.7 Å². The molecule has 2 heterocycles. The Morgan fingerprint density at radius 2 is 2.08 bits per heavy atom. The molecule has 1 aliphatic heterocycles. The van der Waals surface area contributed by atoms with Gasteiger partial charge in [0, 0.05) is 6.07 Å². The maximum atomic E-state index is 12.4. The summed E-state index contributed by atoms with van der Waals surface area (Å²) in [6.07, 6.45) is 4.91. The molecule has 130 valence electrons. The van der Waals surface area contributed by atoms with Crippen LogP contribution in [0, 0.1) is 0 Å². The molecular formula is C18H26N4O2. The van der Waals surface area contributed by atoms with Gasteiger partial charge >= 0.3 is 0 Å². The number of carbonyl (C=O) groups is 1. The van der Waals surface area contributed by atoms with Gasteiger partial charge in [0.1, 0.15) is 11.6 Å². The number of hydrogen-bond donors (Lipinski definition) is 2. The lowest BCUT2D eigenvalue weighted by atomic mass is 10.2. The molecule has 6 heteroatoms. The van der Waals surface area contributed by atoms with Crippen molar-refractivity contribution in [3.8, 4) is 5.75 Å². The van der Waals surface area contributed by atoms with Crippen LogP contribution in [-0.4, -0.2) is 47.0 Å². The summed E-state index contributed by atoms with van der Waals surface area (Å²) in [4.78, 5) is 22.5. The van der Waals surface area contributed by atoms with Gasteiger partial charge in [-0.3, -0.25) is 9.69 Å². The number of aromatic amines is 1. The summed E-state index contributed by atoms with van der Waals surface area (Å²) in [5.41, 5.74) is 1.79. The number of carbonyl (C=O) groups excluding carboxylic acids is 1. The fourth-order valence-corrected chi connectivity index (χ4v) is 3.22. The zero-order valence-corrected chi connectivity index (χ0v) is 14.5. The Hall–Kier alpha value is -2.08. The second kappa shape index (κ2) is 7.66. The molecule has 1 aliphatic rings. The first-order valence-corrected chi connectivity index (χ1v) is 8.72. The first-order valence-electron chi connectivity index (χ1n) is 8.72. The molecular weight excluding hydrogens is 304 g/mol. The van der Waals surface area contributed by atoms with Gasteiger partial charge in [-0.25, -0.2) is 4.98 Å². The van der Waals surface area contributed by atoms with Crippen molar-refractivity contribution in [1.82, 2.24) is 20.2 Å². The van der Waals surface area contributed by atoms with Crippen molar-refractivity contribution in [1.29, 1.82) is 0 Å². The molecule has 0 spiro atoms. The van der Waals surface area contributed by atoms with E-state index in [1.807, 2.05) is 25.1 Å². The maximum Gasteiger partial charge on any atom is 0.237 e. The number of likely N-dealkylation sites (tertiary alicyclic amines) is 1. The Kier molecular flexibility index (Phi) is 5.35. The van der Waals surface area contributed by atoms with Crippen molar-refractivity contribution in [2.45, 2.75) is 45.2 Å². The van der Waals surface area contributed by atoms with Gasteiger partial charge in [-0.15, -0.1) is 0 Å². The number of nitrogens with zero attached hydrogens (tertiary/aromatic N) is 2. The summed E-state index contributed by atoms with van der Waals surface area (Å²) < 4.78 is 5.22. The van der Waals surface area contributed by atoms with Crippen LogP contribution >= 0.6 is 0 Å². The molecule has 1 atom stereocenters. The van der Waals surface area contributed by atoms with Crippen LogP contribution < -0.4 is 10.1 Å². The van der Waals surface area contributed by atoms with Crippen LogP contribution in [0.3, 0.4) is 0 Å². The highest BCUT2D eigenvalue weighted by Crippen LogP contribution is 2.18. The number of benzene rings is 1. The topological polar surface area (TPSA) is 70.2 Å². The molecule has 0 radical (unpaired) electrons. The predicted octanol–water partition coefficient (Wildman–Crippen LogP) is 2.45. The van der Waals surface area contributed by atoms with Gasteiger partial charge in [0.25, 0.3) is 0 Å². The minimum atomic E-state index is -0.0902. The minimum Gasteiger partial charge on any atom is -0.497 e. The number of aromatic nitrogens is 2. The van der Waals surface area contributed by atoms with E-state index in [1.54, 1.807) is 7.11 Å².